The van der Waals surface area contributed by atoms with E-state index in [1.807, 2.05) is 45.2 Å². The number of pyridine rings is 1. The highest BCUT2D eigenvalue weighted by Crippen LogP contribution is 2.25. The van der Waals surface area contributed by atoms with Gasteiger partial charge in [0.2, 0.25) is 0 Å². The number of aromatic nitrogens is 1. The molecule has 0 saturated carbocycles. The third kappa shape index (κ3) is 2.24. The quantitative estimate of drug-likeness (QED) is 0.524. The fraction of sp³-hybridized carbons (Fsp3) is 0.286. The molecule has 0 aliphatic rings. The minimum Gasteiger partial charge on any atom is -0.240 e. The molecule has 66 valence electrons. The van der Waals surface area contributed by atoms with Gasteiger partial charge in [0.05, 0.1) is 0 Å². The van der Waals surface area contributed by atoms with Crippen molar-refractivity contribution in [2.45, 2.75) is 13.3 Å². The molecule has 1 rings (SSSR count). The molecule has 0 bridgehead atoms. The van der Waals surface area contributed by atoms with Crippen molar-refractivity contribution in [2.24, 2.45) is 0 Å². The third-order valence-electron chi connectivity index (χ3n) is 1.34. The van der Waals surface area contributed by atoms with Crippen molar-refractivity contribution in [3.05, 3.63) is 24.6 Å². The lowest BCUT2D eigenvalue weighted by molar-refractivity contribution is 0.144. The zero-order chi connectivity index (χ0) is 9.30. The molecule has 0 saturated heterocycles. The molecule has 0 aromatic carbocycles. The largest absolute Gasteiger partial charge is 0.281 e. The zero-order valence-corrected chi connectivity index (χ0v) is 10.4. The van der Waals surface area contributed by atoms with E-state index in [4.69, 9.17) is 0 Å². The van der Waals surface area contributed by atoms with E-state index in [9.17, 15) is 8.78 Å². The van der Waals surface area contributed by atoms with Gasteiger partial charge < -0.3 is 0 Å². The lowest BCUT2D eigenvalue weighted by atomic mass is 10.2. The maximum absolute atomic E-state index is 12.3. The van der Waals surface area contributed by atoms with Crippen LogP contribution >= 0.6 is 45.2 Å². The Hall–Kier alpha value is 0.470. The van der Waals surface area contributed by atoms with Crippen LogP contribution in [0.4, 0.5) is 8.78 Å². The first-order valence-corrected chi connectivity index (χ1v) is 5.29. The van der Waals surface area contributed by atoms with E-state index in [1.165, 1.54) is 0 Å². The first kappa shape index (κ1) is 10.6. The van der Waals surface area contributed by atoms with Crippen LogP contribution in [0.2, 0.25) is 0 Å². The minimum absolute atomic E-state index is 0.111. The smallest absolute Gasteiger partial charge is 0.240 e. The third-order valence-corrected chi connectivity index (χ3v) is 3.30. The van der Waals surface area contributed by atoms with Gasteiger partial charge in [-0.1, -0.05) is 0 Å². The van der Waals surface area contributed by atoms with Crippen LogP contribution in [0.1, 0.15) is 17.7 Å². The van der Waals surface area contributed by atoms with E-state index in [-0.39, 0.29) is 5.69 Å². The Labute approximate surface area is 96.2 Å². The zero-order valence-electron chi connectivity index (χ0n) is 6.11. The Kier molecular flexibility index (Phi) is 3.62. The SMILES string of the molecule is Cc1cc(I)nc(C(F)F)c1I. The minimum atomic E-state index is -2.48. The maximum Gasteiger partial charge on any atom is 0.281 e. The average Bonchev–Trinajstić information content (AvgIpc) is 1.96. The first-order valence-electron chi connectivity index (χ1n) is 3.13. The van der Waals surface area contributed by atoms with Crippen molar-refractivity contribution in [3.8, 4) is 0 Å². The number of halogens is 4. The van der Waals surface area contributed by atoms with E-state index in [2.05, 4.69) is 4.98 Å². The van der Waals surface area contributed by atoms with Gasteiger partial charge in [-0.2, -0.15) is 0 Å². The Bertz CT molecular complexity index is 302. The van der Waals surface area contributed by atoms with Gasteiger partial charge in [-0.15, -0.1) is 0 Å². The maximum atomic E-state index is 12.3. The van der Waals surface area contributed by atoms with E-state index in [0.29, 0.717) is 7.27 Å². The lowest BCUT2D eigenvalue weighted by Crippen LogP contribution is -1.99. The molecule has 0 radical (unpaired) electrons. The monoisotopic (exact) mass is 395 g/mol. The summed E-state index contributed by atoms with van der Waals surface area (Å²) in [7, 11) is 0. The lowest BCUT2D eigenvalue weighted by Gasteiger charge is -2.05. The molecule has 0 spiro atoms. The van der Waals surface area contributed by atoms with Crippen molar-refractivity contribution in [1.29, 1.82) is 0 Å². The average molecular weight is 395 g/mol. The van der Waals surface area contributed by atoms with Gasteiger partial charge in [0.1, 0.15) is 9.39 Å². The number of aryl methyl sites for hydroxylation is 1. The predicted octanol–water partition coefficient (Wildman–Crippen LogP) is 3.54. The van der Waals surface area contributed by atoms with Crippen LogP contribution in [0.5, 0.6) is 0 Å². The molecule has 0 atom stereocenters. The van der Waals surface area contributed by atoms with Crippen LogP contribution in [0.3, 0.4) is 0 Å². The number of rotatable bonds is 1. The van der Waals surface area contributed by atoms with Crippen molar-refractivity contribution >= 4 is 45.2 Å². The fourth-order valence-corrected chi connectivity index (χ4v) is 2.02. The topological polar surface area (TPSA) is 12.9 Å². The Balaban J connectivity index is 3.28. The molecule has 0 amide bonds. The van der Waals surface area contributed by atoms with Crippen LogP contribution < -0.4 is 0 Å². The normalized spacial score (nSPS) is 10.8. The van der Waals surface area contributed by atoms with E-state index >= 15 is 0 Å². The summed E-state index contributed by atoms with van der Waals surface area (Å²) in [6.45, 7) is 1.80. The van der Waals surface area contributed by atoms with Crippen LogP contribution in [-0.2, 0) is 0 Å². The Morgan fingerprint density at radius 1 is 1.42 bits per heavy atom. The van der Waals surface area contributed by atoms with E-state index < -0.39 is 6.43 Å². The summed E-state index contributed by atoms with van der Waals surface area (Å²) in [6, 6.07) is 1.79. The van der Waals surface area contributed by atoms with Gasteiger partial charge in [-0.05, 0) is 63.7 Å². The highest BCUT2D eigenvalue weighted by Gasteiger charge is 2.15. The summed E-state index contributed by atoms with van der Waals surface area (Å²) in [5.74, 6) is 0. The van der Waals surface area contributed by atoms with E-state index in [0.717, 1.165) is 5.56 Å². The summed E-state index contributed by atoms with van der Waals surface area (Å²) >= 11 is 3.82. The predicted molar refractivity (Wildman–Crippen MR) is 59.4 cm³/mol. The number of nitrogens with zero attached hydrogens (tertiary/aromatic N) is 1. The summed E-state index contributed by atoms with van der Waals surface area (Å²) in [4.78, 5) is 3.76. The van der Waals surface area contributed by atoms with Crippen LogP contribution in [-0.4, -0.2) is 4.98 Å². The van der Waals surface area contributed by atoms with Crippen LogP contribution in [0, 0.1) is 14.2 Å². The first-order chi connectivity index (χ1) is 5.52. The molecule has 1 nitrogen and oxygen atoms in total. The van der Waals surface area contributed by atoms with Crippen molar-refractivity contribution < 1.29 is 8.78 Å². The molecule has 1 aromatic rings. The van der Waals surface area contributed by atoms with Crippen molar-refractivity contribution in [3.63, 3.8) is 0 Å². The van der Waals surface area contributed by atoms with Gasteiger partial charge in [0.15, 0.2) is 0 Å². The molecule has 12 heavy (non-hydrogen) atoms. The highest BCUT2D eigenvalue weighted by atomic mass is 127. The summed E-state index contributed by atoms with van der Waals surface area (Å²) in [5, 5.41) is 0. The molecule has 5 heteroatoms. The van der Waals surface area contributed by atoms with Gasteiger partial charge in [0, 0.05) is 3.57 Å². The summed E-state index contributed by atoms with van der Waals surface area (Å²) in [6.07, 6.45) is -2.48. The molecular formula is C7H5F2I2N. The summed E-state index contributed by atoms with van der Waals surface area (Å²) in [5.41, 5.74) is 0.741. The van der Waals surface area contributed by atoms with Crippen molar-refractivity contribution in [2.75, 3.05) is 0 Å². The molecule has 0 unspecified atom stereocenters. The second-order valence-corrected chi connectivity index (χ2v) is 4.45. The Morgan fingerprint density at radius 2 is 2.00 bits per heavy atom. The van der Waals surface area contributed by atoms with Crippen LogP contribution in [0.15, 0.2) is 6.07 Å². The molecule has 0 fully saturated rings. The number of alkyl halides is 2. The fourth-order valence-electron chi connectivity index (χ4n) is 0.785. The van der Waals surface area contributed by atoms with Crippen molar-refractivity contribution in [1.82, 2.24) is 4.98 Å². The van der Waals surface area contributed by atoms with Gasteiger partial charge in [0.25, 0.3) is 6.43 Å². The van der Waals surface area contributed by atoms with Crippen LogP contribution in [0.25, 0.3) is 0 Å². The molecule has 1 aromatic heterocycles. The van der Waals surface area contributed by atoms with Gasteiger partial charge in [-0.3, -0.25) is 0 Å². The standard InChI is InChI=1S/C7H5F2I2N/c1-3-2-4(10)12-6(5(3)11)7(8)9/h2,7H,1H3. The number of hydrogen-bond donors (Lipinski definition) is 0. The molecule has 0 N–H and O–H groups in total. The van der Waals surface area contributed by atoms with E-state index in [1.54, 1.807) is 13.0 Å². The van der Waals surface area contributed by atoms with Gasteiger partial charge in [-0.25, -0.2) is 13.8 Å². The summed E-state index contributed by atoms with van der Waals surface area (Å²) < 4.78 is 25.8. The second-order valence-electron chi connectivity index (χ2n) is 2.26. The molecule has 1 heterocycles. The molecule has 0 aliphatic heterocycles. The molecular weight excluding hydrogens is 390 g/mol. The van der Waals surface area contributed by atoms with Gasteiger partial charge >= 0.3 is 0 Å². The molecule has 0 aliphatic carbocycles. The highest BCUT2D eigenvalue weighted by molar-refractivity contribution is 14.1. The number of hydrogen-bond acceptors (Lipinski definition) is 1. The Morgan fingerprint density at radius 3 is 2.50 bits per heavy atom. The second kappa shape index (κ2) is 4.12.